The molecule has 9 heteroatoms. The first kappa shape index (κ1) is 19.3. The number of hydrogen-bond acceptors (Lipinski definition) is 6. The molecule has 1 aliphatic heterocycles. The van der Waals surface area contributed by atoms with Gasteiger partial charge < -0.3 is 4.90 Å². The van der Waals surface area contributed by atoms with Crippen molar-refractivity contribution in [3.05, 3.63) is 71.7 Å². The van der Waals surface area contributed by atoms with Crippen LogP contribution in [-0.2, 0) is 10.0 Å². The van der Waals surface area contributed by atoms with Crippen molar-refractivity contribution in [2.45, 2.75) is 6.92 Å². The normalized spacial score (nSPS) is 15.8. The highest BCUT2D eigenvalue weighted by molar-refractivity contribution is 7.92. The van der Waals surface area contributed by atoms with Gasteiger partial charge in [-0.05, 0) is 24.6 Å². The van der Waals surface area contributed by atoms with Crippen molar-refractivity contribution >= 4 is 21.9 Å². The van der Waals surface area contributed by atoms with Crippen molar-refractivity contribution in [3.8, 4) is 5.82 Å². The van der Waals surface area contributed by atoms with Gasteiger partial charge in [0.1, 0.15) is 11.6 Å². The lowest BCUT2D eigenvalue weighted by molar-refractivity contribution is 0.388. The Labute approximate surface area is 170 Å². The number of hydrogen-bond donors (Lipinski definition) is 0. The van der Waals surface area contributed by atoms with Gasteiger partial charge in [-0.15, -0.1) is 0 Å². The zero-order valence-electron chi connectivity index (χ0n) is 16.1. The molecule has 0 bridgehead atoms. The minimum Gasteiger partial charge on any atom is -0.354 e. The quantitative estimate of drug-likeness (QED) is 0.640. The molecule has 150 valence electrons. The molecule has 3 aromatic rings. The molecule has 1 aromatic carbocycles. The smallest absolute Gasteiger partial charge is 0.236 e. The summed E-state index contributed by atoms with van der Waals surface area (Å²) in [5.41, 5.74) is 0.859. The average Bonchev–Trinajstić information content (AvgIpc) is 3.28. The fourth-order valence-electron chi connectivity index (χ4n) is 3.21. The lowest BCUT2D eigenvalue weighted by Gasteiger charge is -2.34. The molecule has 0 N–H and O–H groups in total. The lowest BCUT2D eigenvalue weighted by atomic mass is 10.2. The molecule has 0 unspecified atom stereocenters. The minimum absolute atomic E-state index is 0.404. The van der Waals surface area contributed by atoms with Crippen LogP contribution in [0.25, 0.3) is 11.9 Å². The maximum atomic E-state index is 12.6. The van der Waals surface area contributed by atoms with E-state index in [4.69, 9.17) is 0 Å². The van der Waals surface area contributed by atoms with Crippen LogP contribution in [0.15, 0.2) is 60.3 Å². The molecule has 0 aliphatic carbocycles. The average molecular weight is 411 g/mol. The van der Waals surface area contributed by atoms with E-state index in [1.54, 1.807) is 17.0 Å². The maximum absolute atomic E-state index is 12.6. The van der Waals surface area contributed by atoms with Gasteiger partial charge >= 0.3 is 0 Å². The van der Waals surface area contributed by atoms with Crippen molar-refractivity contribution in [2.75, 3.05) is 31.1 Å². The van der Waals surface area contributed by atoms with Crippen molar-refractivity contribution in [2.24, 2.45) is 0 Å². The molecule has 0 amide bonds. The van der Waals surface area contributed by atoms with Crippen LogP contribution in [0.4, 0.5) is 5.82 Å². The fraction of sp³-hybridized carbons (Fsp3) is 0.250. The number of aromatic nitrogens is 4. The van der Waals surface area contributed by atoms with Crippen LogP contribution >= 0.6 is 0 Å². The Hall–Kier alpha value is -3.04. The number of piperazine rings is 1. The second-order valence-electron chi connectivity index (χ2n) is 6.73. The molecule has 0 saturated carbocycles. The Morgan fingerprint density at radius 2 is 1.69 bits per heavy atom. The first-order valence-corrected chi connectivity index (χ1v) is 10.9. The van der Waals surface area contributed by atoms with Crippen LogP contribution in [0.2, 0.25) is 0 Å². The van der Waals surface area contributed by atoms with E-state index in [0.717, 1.165) is 11.4 Å². The summed E-state index contributed by atoms with van der Waals surface area (Å²) < 4.78 is 28.5. The summed E-state index contributed by atoms with van der Waals surface area (Å²) in [7, 11) is -3.46. The Kier molecular flexibility index (Phi) is 5.41. The largest absolute Gasteiger partial charge is 0.354 e. The van der Waals surface area contributed by atoms with Gasteiger partial charge in [0, 0.05) is 50.0 Å². The van der Waals surface area contributed by atoms with Gasteiger partial charge in [-0.3, -0.25) is 0 Å². The Balaban J connectivity index is 1.45. The van der Waals surface area contributed by atoms with E-state index in [1.165, 1.54) is 9.71 Å². The van der Waals surface area contributed by atoms with Crippen LogP contribution in [0.3, 0.4) is 0 Å². The molecule has 3 heterocycles. The van der Waals surface area contributed by atoms with Crippen LogP contribution in [0, 0.1) is 6.92 Å². The summed E-state index contributed by atoms with van der Waals surface area (Å²) in [6.45, 7) is 3.77. The van der Waals surface area contributed by atoms with Gasteiger partial charge in [-0.25, -0.2) is 23.1 Å². The van der Waals surface area contributed by atoms with Crippen LogP contribution in [0.1, 0.15) is 11.4 Å². The Morgan fingerprint density at radius 3 is 2.38 bits per heavy atom. The van der Waals surface area contributed by atoms with Crippen molar-refractivity contribution in [1.82, 2.24) is 24.1 Å². The summed E-state index contributed by atoms with van der Waals surface area (Å²) in [6.07, 6.45) is 5.16. The van der Waals surface area contributed by atoms with Crippen molar-refractivity contribution in [1.29, 1.82) is 0 Å². The molecule has 0 spiro atoms. The highest BCUT2D eigenvalue weighted by atomic mass is 32.2. The number of aryl methyl sites for hydroxylation is 1. The highest BCUT2D eigenvalue weighted by Crippen LogP contribution is 2.19. The van der Waals surface area contributed by atoms with Crippen LogP contribution in [-0.4, -0.2) is 58.7 Å². The van der Waals surface area contributed by atoms with E-state index in [9.17, 15) is 8.42 Å². The standard InChI is InChI=1S/C20H22N6O2S/c1-17-22-19(16-20(23-17)26-10-5-9-21-26)24-11-13-25(14-12-24)29(27,28)15-8-18-6-3-2-4-7-18/h2-10,15-16H,11-14H2,1H3/b15-8+. The monoisotopic (exact) mass is 410 g/mol. The molecule has 0 atom stereocenters. The van der Waals surface area contributed by atoms with E-state index < -0.39 is 10.0 Å². The first-order chi connectivity index (χ1) is 14.0. The molecule has 1 fully saturated rings. The number of benzene rings is 1. The second-order valence-corrected chi connectivity index (χ2v) is 8.55. The number of nitrogens with zero attached hydrogens (tertiary/aromatic N) is 6. The highest BCUT2D eigenvalue weighted by Gasteiger charge is 2.26. The van der Waals surface area contributed by atoms with E-state index in [1.807, 2.05) is 55.6 Å². The van der Waals surface area contributed by atoms with Gasteiger partial charge in [-0.1, -0.05) is 30.3 Å². The Morgan fingerprint density at radius 1 is 0.966 bits per heavy atom. The van der Waals surface area contributed by atoms with Crippen molar-refractivity contribution in [3.63, 3.8) is 0 Å². The molecule has 29 heavy (non-hydrogen) atoms. The summed E-state index contributed by atoms with van der Waals surface area (Å²) in [5, 5.41) is 5.50. The van der Waals surface area contributed by atoms with Gasteiger partial charge in [0.25, 0.3) is 0 Å². The number of sulfonamides is 1. The SMILES string of the molecule is Cc1nc(N2CCN(S(=O)(=O)/C=C/c3ccccc3)CC2)cc(-n2cccn2)n1. The van der Waals surface area contributed by atoms with Crippen molar-refractivity contribution < 1.29 is 8.42 Å². The molecule has 1 aliphatic rings. The minimum atomic E-state index is -3.46. The van der Waals surface area contributed by atoms with E-state index >= 15 is 0 Å². The fourth-order valence-corrected chi connectivity index (χ4v) is 4.38. The third kappa shape index (κ3) is 4.52. The maximum Gasteiger partial charge on any atom is 0.236 e. The third-order valence-corrected chi connectivity index (χ3v) is 6.27. The topological polar surface area (TPSA) is 84.2 Å². The van der Waals surface area contributed by atoms with E-state index in [-0.39, 0.29) is 0 Å². The summed E-state index contributed by atoms with van der Waals surface area (Å²) in [6, 6.07) is 13.1. The van der Waals surface area contributed by atoms with Gasteiger partial charge in [-0.2, -0.15) is 9.40 Å². The predicted molar refractivity (Wildman–Crippen MR) is 112 cm³/mol. The van der Waals surface area contributed by atoms with Crippen LogP contribution in [0.5, 0.6) is 0 Å². The van der Waals surface area contributed by atoms with Gasteiger partial charge in [0.05, 0.1) is 0 Å². The molecular formula is C20H22N6O2S. The third-order valence-electron chi connectivity index (χ3n) is 4.70. The molecule has 8 nitrogen and oxygen atoms in total. The summed E-state index contributed by atoms with van der Waals surface area (Å²) in [4.78, 5) is 11.0. The molecular weight excluding hydrogens is 388 g/mol. The number of anilines is 1. The second kappa shape index (κ2) is 8.14. The molecule has 4 rings (SSSR count). The zero-order valence-corrected chi connectivity index (χ0v) is 16.9. The van der Waals surface area contributed by atoms with Gasteiger partial charge in [0.2, 0.25) is 10.0 Å². The zero-order chi connectivity index (χ0) is 20.3. The summed E-state index contributed by atoms with van der Waals surface area (Å²) >= 11 is 0. The van der Waals surface area contributed by atoms with E-state index in [0.29, 0.717) is 37.8 Å². The molecule has 2 aromatic heterocycles. The first-order valence-electron chi connectivity index (χ1n) is 9.35. The number of rotatable bonds is 5. The molecule has 0 radical (unpaired) electrons. The van der Waals surface area contributed by atoms with Gasteiger partial charge in [0.15, 0.2) is 5.82 Å². The molecule has 1 saturated heterocycles. The Bertz CT molecular complexity index is 1090. The van der Waals surface area contributed by atoms with Crippen LogP contribution < -0.4 is 4.90 Å². The lowest BCUT2D eigenvalue weighted by Crippen LogP contribution is -2.48. The van der Waals surface area contributed by atoms with E-state index in [2.05, 4.69) is 20.0 Å². The summed E-state index contributed by atoms with van der Waals surface area (Å²) in [5.74, 6) is 2.12. The predicted octanol–water partition coefficient (Wildman–Crippen LogP) is 2.09.